The van der Waals surface area contributed by atoms with Crippen LogP contribution in [0.3, 0.4) is 0 Å². The molecule has 1 aliphatic carbocycles. The lowest BCUT2D eigenvalue weighted by Crippen LogP contribution is -2.41. The highest BCUT2D eigenvalue weighted by atomic mass is 32.2. The van der Waals surface area contributed by atoms with E-state index in [1.165, 1.54) is 12.8 Å². The van der Waals surface area contributed by atoms with Gasteiger partial charge >= 0.3 is 0 Å². The van der Waals surface area contributed by atoms with E-state index in [1.54, 1.807) is 4.31 Å². The largest absolute Gasteiger partial charge is 0.309 e. The van der Waals surface area contributed by atoms with Crippen LogP contribution < -0.4 is 0 Å². The van der Waals surface area contributed by atoms with Crippen LogP contribution in [0.1, 0.15) is 63.1 Å². The molecule has 0 bridgehead atoms. The number of fused-ring (bicyclic) bond motifs is 1. The smallest absolute Gasteiger partial charge is 0.214 e. The minimum atomic E-state index is -3.16. The average molecular weight is 298 g/mol. The van der Waals surface area contributed by atoms with Crippen molar-refractivity contribution >= 4 is 10.0 Å². The Hall–Kier alpha value is -0.950. The van der Waals surface area contributed by atoms with Crippen molar-refractivity contribution in [2.75, 3.05) is 12.3 Å². The SMILES string of the molecule is CCCCS(=O)(=O)N1Cc2nnc(C3CC3)n2[C@@H](C)C1. The third-order valence-electron chi connectivity index (χ3n) is 4.11. The van der Waals surface area contributed by atoms with Crippen LogP contribution in [-0.2, 0) is 16.6 Å². The molecule has 112 valence electrons. The van der Waals surface area contributed by atoms with Gasteiger partial charge in [-0.3, -0.25) is 0 Å². The summed E-state index contributed by atoms with van der Waals surface area (Å²) >= 11 is 0. The van der Waals surface area contributed by atoms with Crippen LogP contribution in [0.2, 0.25) is 0 Å². The van der Waals surface area contributed by atoms with E-state index in [2.05, 4.69) is 21.7 Å². The molecule has 0 radical (unpaired) electrons. The molecule has 0 amide bonds. The van der Waals surface area contributed by atoms with E-state index < -0.39 is 10.0 Å². The first-order chi connectivity index (χ1) is 9.53. The summed E-state index contributed by atoms with van der Waals surface area (Å²) < 4.78 is 28.4. The highest BCUT2D eigenvalue weighted by Gasteiger charge is 2.37. The molecule has 0 unspecified atom stereocenters. The Morgan fingerprint density at radius 1 is 1.30 bits per heavy atom. The van der Waals surface area contributed by atoms with Gasteiger partial charge in [0.05, 0.1) is 12.3 Å². The normalized spacial score (nSPS) is 23.8. The molecule has 6 nitrogen and oxygen atoms in total. The maximum Gasteiger partial charge on any atom is 0.214 e. The van der Waals surface area contributed by atoms with Crippen LogP contribution in [0.5, 0.6) is 0 Å². The van der Waals surface area contributed by atoms with Crippen molar-refractivity contribution in [2.24, 2.45) is 0 Å². The van der Waals surface area contributed by atoms with Gasteiger partial charge in [-0.1, -0.05) is 13.3 Å². The molecule has 1 saturated carbocycles. The van der Waals surface area contributed by atoms with E-state index in [9.17, 15) is 8.42 Å². The minimum absolute atomic E-state index is 0.126. The summed E-state index contributed by atoms with van der Waals surface area (Å²) in [5, 5.41) is 8.50. The second kappa shape index (κ2) is 5.11. The maximum atomic E-state index is 12.3. The Morgan fingerprint density at radius 3 is 2.70 bits per heavy atom. The monoisotopic (exact) mass is 298 g/mol. The molecule has 1 aliphatic heterocycles. The summed E-state index contributed by atoms with van der Waals surface area (Å²) in [4.78, 5) is 0. The fourth-order valence-corrected chi connectivity index (χ4v) is 4.48. The van der Waals surface area contributed by atoms with Crippen LogP contribution in [0.15, 0.2) is 0 Å². The predicted octanol–water partition coefficient (Wildman–Crippen LogP) is 1.66. The van der Waals surface area contributed by atoms with Gasteiger partial charge in [0.15, 0.2) is 0 Å². The first kappa shape index (κ1) is 14.0. The molecule has 1 atom stereocenters. The van der Waals surface area contributed by atoms with Crippen molar-refractivity contribution in [3.05, 3.63) is 11.6 Å². The van der Waals surface area contributed by atoms with Crippen molar-refractivity contribution in [1.29, 1.82) is 0 Å². The zero-order valence-electron chi connectivity index (χ0n) is 12.1. The highest BCUT2D eigenvalue weighted by molar-refractivity contribution is 7.89. The molecule has 0 spiro atoms. The van der Waals surface area contributed by atoms with Crippen molar-refractivity contribution in [3.63, 3.8) is 0 Å². The fourth-order valence-electron chi connectivity index (χ4n) is 2.81. The minimum Gasteiger partial charge on any atom is -0.309 e. The number of nitrogens with zero attached hydrogens (tertiary/aromatic N) is 4. The van der Waals surface area contributed by atoms with Crippen LogP contribution in [0.4, 0.5) is 0 Å². The molecule has 2 heterocycles. The summed E-state index contributed by atoms with van der Waals surface area (Å²) in [6.07, 6.45) is 3.98. The van der Waals surface area contributed by atoms with Gasteiger partial charge in [0.2, 0.25) is 10.0 Å². The van der Waals surface area contributed by atoms with Gasteiger partial charge in [-0.2, -0.15) is 4.31 Å². The molecular formula is C13H22N4O2S. The first-order valence-corrected chi connectivity index (χ1v) is 9.05. The van der Waals surface area contributed by atoms with E-state index in [0.717, 1.165) is 18.1 Å². The van der Waals surface area contributed by atoms with Crippen molar-refractivity contribution in [1.82, 2.24) is 19.1 Å². The molecule has 7 heteroatoms. The average Bonchev–Trinajstić information content (AvgIpc) is 3.16. The number of aromatic nitrogens is 3. The quantitative estimate of drug-likeness (QED) is 0.829. The second-order valence-corrected chi connectivity index (χ2v) is 8.02. The summed E-state index contributed by atoms with van der Waals surface area (Å²) in [5.41, 5.74) is 0. The second-order valence-electron chi connectivity index (χ2n) is 5.93. The summed E-state index contributed by atoms with van der Waals surface area (Å²) in [6.45, 7) is 4.97. The van der Waals surface area contributed by atoms with E-state index in [-0.39, 0.29) is 11.8 Å². The molecule has 1 aromatic rings. The Labute approximate surface area is 120 Å². The predicted molar refractivity (Wildman–Crippen MR) is 75.8 cm³/mol. The van der Waals surface area contributed by atoms with Gasteiger partial charge in [-0.25, -0.2) is 8.42 Å². The number of unbranched alkanes of at least 4 members (excludes halogenated alkanes) is 1. The molecule has 0 saturated heterocycles. The van der Waals surface area contributed by atoms with Gasteiger partial charge in [-0.15, -0.1) is 10.2 Å². The number of hydrogen-bond acceptors (Lipinski definition) is 4. The zero-order valence-corrected chi connectivity index (χ0v) is 12.9. The van der Waals surface area contributed by atoms with E-state index >= 15 is 0 Å². The lowest BCUT2D eigenvalue weighted by molar-refractivity contribution is 0.287. The Bertz CT molecular complexity index is 592. The van der Waals surface area contributed by atoms with E-state index in [1.807, 2.05) is 6.92 Å². The van der Waals surface area contributed by atoms with Crippen molar-refractivity contribution < 1.29 is 8.42 Å². The van der Waals surface area contributed by atoms with Crippen LogP contribution in [-0.4, -0.2) is 39.8 Å². The molecule has 0 N–H and O–H groups in total. The lowest BCUT2D eigenvalue weighted by Gasteiger charge is -2.31. The van der Waals surface area contributed by atoms with Gasteiger partial charge in [0, 0.05) is 18.5 Å². The topological polar surface area (TPSA) is 68.1 Å². The molecular weight excluding hydrogens is 276 g/mol. The van der Waals surface area contributed by atoms with Crippen LogP contribution >= 0.6 is 0 Å². The van der Waals surface area contributed by atoms with Crippen LogP contribution in [0.25, 0.3) is 0 Å². The number of sulfonamides is 1. The summed E-state index contributed by atoms with van der Waals surface area (Å²) in [5.74, 6) is 2.63. The van der Waals surface area contributed by atoms with Crippen LogP contribution in [0, 0.1) is 0 Å². The lowest BCUT2D eigenvalue weighted by atomic mass is 10.2. The Morgan fingerprint density at radius 2 is 2.05 bits per heavy atom. The van der Waals surface area contributed by atoms with Gasteiger partial charge < -0.3 is 4.57 Å². The molecule has 20 heavy (non-hydrogen) atoms. The van der Waals surface area contributed by atoms with E-state index in [4.69, 9.17) is 0 Å². The number of rotatable bonds is 5. The molecule has 0 aromatic carbocycles. The Kier molecular flexibility index (Phi) is 3.58. The van der Waals surface area contributed by atoms with Gasteiger partial charge in [0.1, 0.15) is 11.6 Å². The maximum absolute atomic E-state index is 12.3. The standard InChI is InChI=1S/C13H22N4O2S/c1-3-4-7-20(18,19)16-8-10(2)17-12(9-16)14-15-13(17)11-5-6-11/h10-11H,3-9H2,1-2H3/t10-/m0/s1. The van der Waals surface area contributed by atoms with Crippen molar-refractivity contribution in [2.45, 2.75) is 58.0 Å². The summed E-state index contributed by atoms with van der Waals surface area (Å²) in [7, 11) is -3.16. The Balaban J connectivity index is 1.82. The third-order valence-corrected chi connectivity index (χ3v) is 5.98. The molecule has 2 aliphatic rings. The third kappa shape index (κ3) is 2.48. The number of hydrogen-bond donors (Lipinski definition) is 0. The molecule has 3 rings (SSSR count). The molecule has 1 fully saturated rings. The first-order valence-electron chi connectivity index (χ1n) is 7.44. The van der Waals surface area contributed by atoms with Gasteiger partial charge in [-0.05, 0) is 26.2 Å². The summed E-state index contributed by atoms with van der Waals surface area (Å²) in [6, 6.07) is 0.126. The van der Waals surface area contributed by atoms with E-state index in [0.29, 0.717) is 25.4 Å². The van der Waals surface area contributed by atoms with Gasteiger partial charge in [0.25, 0.3) is 0 Å². The molecule has 1 aromatic heterocycles. The highest BCUT2D eigenvalue weighted by Crippen LogP contribution is 2.41. The zero-order chi connectivity index (χ0) is 14.3. The van der Waals surface area contributed by atoms with Crippen molar-refractivity contribution in [3.8, 4) is 0 Å². The fraction of sp³-hybridized carbons (Fsp3) is 0.846.